The zero-order valence-electron chi connectivity index (χ0n) is 12.3. The lowest BCUT2D eigenvalue weighted by Gasteiger charge is -2.30. The lowest BCUT2D eigenvalue weighted by Crippen LogP contribution is -2.30. The van der Waals surface area contributed by atoms with Gasteiger partial charge in [0.15, 0.2) is 11.1 Å². The molecule has 1 aromatic rings. The number of ketones is 1. The molecule has 0 amide bonds. The molecule has 0 saturated carbocycles. The average Bonchev–Trinajstić information content (AvgIpc) is 2.39. The second kappa shape index (κ2) is 7.65. The van der Waals surface area contributed by atoms with Gasteiger partial charge in [-0.15, -0.1) is 0 Å². The smallest absolute Gasteiger partial charge is 0.362 e. The monoisotopic (exact) mass is 378 g/mol. The van der Waals surface area contributed by atoms with Gasteiger partial charge in [-0.1, -0.05) is 34.1 Å². The molecule has 0 spiro atoms. The second-order valence-electron chi connectivity index (χ2n) is 4.63. The quantitative estimate of drug-likeness (QED) is 0.546. The summed E-state index contributed by atoms with van der Waals surface area (Å²) in [4.78, 5) is 12.3. The Morgan fingerprint density at radius 1 is 1.29 bits per heavy atom. The Morgan fingerprint density at radius 3 is 2.29 bits per heavy atom. The van der Waals surface area contributed by atoms with E-state index in [2.05, 4.69) is 15.9 Å². The molecule has 1 atom stereocenters. The summed E-state index contributed by atoms with van der Waals surface area (Å²) >= 11 is 3.28. The lowest BCUT2D eigenvalue weighted by atomic mass is 10.1. The Balaban J connectivity index is 3.00. The molecule has 0 aliphatic carbocycles. The van der Waals surface area contributed by atoms with E-state index in [0.717, 1.165) is 0 Å². The number of halogens is 1. The highest BCUT2D eigenvalue weighted by Crippen LogP contribution is 2.60. The third-order valence-electron chi connectivity index (χ3n) is 2.86. The van der Waals surface area contributed by atoms with Crippen molar-refractivity contribution < 1.29 is 23.5 Å². The van der Waals surface area contributed by atoms with Gasteiger partial charge in [-0.05, 0) is 26.8 Å². The van der Waals surface area contributed by atoms with Crippen molar-refractivity contribution in [1.29, 1.82) is 0 Å². The van der Waals surface area contributed by atoms with Gasteiger partial charge in [-0.2, -0.15) is 0 Å². The predicted molar refractivity (Wildman–Crippen MR) is 84.6 cm³/mol. The summed E-state index contributed by atoms with van der Waals surface area (Å²) in [6, 6.07) is 6.86. The van der Waals surface area contributed by atoms with Crippen molar-refractivity contribution in [1.82, 2.24) is 0 Å². The molecule has 0 radical (unpaired) electrons. The van der Waals surface area contributed by atoms with Crippen LogP contribution in [0.4, 0.5) is 0 Å². The summed E-state index contributed by atoms with van der Waals surface area (Å²) < 4.78 is 23.5. The molecule has 0 unspecified atom stereocenters. The van der Waals surface area contributed by atoms with Crippen molar-refractivity contribution in [3.8, 4) is 0 Å². The molecule has 0 bridgehead atoms. The zero-order valence-corrected chi connectivity index (χ0v) is 14.8. The van der Waals surface area contributed by atoms with E-state index in [1.165, 1.54) is 6.92 Å². The highest BCUT2D eigenvalue weighted by atomic mass is 79.9. The first-order valence-electron chi connectivity index (χ1n) is 6.66. The van der Waals surface area contributed by atoms with E-state index in [1.807, 2.05) is 0 Å². The molecular weight excluding hydrogens is 359 g/mol. The highest BCUT2D eigenvalue weighted by Gasteiger charge is 2.47. The predicted octanol–water partition coefficient (Wildman–Crippen LogP) is 4.00. The molecular formula is C14H20BrO5P. The van der Waals surface area contributed by atoms with Crippen molar-refractivity contribution in [3.05, 3.63) is 34.3 Å². The Kier molecular flexibility index (Phi) is 6.75. The van der Waals surface area contributed by atoms with E-state index < -0.39 is 12.9 Å². The van der Waals surface area contributed by atoms with Gasteiger partial charge in [-0.25, -0.2) is 0 Å². The van der Waals surface area contributed by atoms with Crippen LogP contribution in [0.15, 0.2) is 28.7 Å². The molecule has 0 fully saturated rings. The van der Waals surface area contributed by atoms with Crippen molar-refractivity contribution >= 4 is 29.3 Å². The summed E-state index contributed by atoms with van der Waals surface area (Å²) in [7, 11) is -3.79. The minimum atomic E-state index is -3.79. The third kappa shape index (κ3) is 4.47. The Bertz CT molecular complexity index is 534. The third-order valence-corrected chi connectivity index (χ3v) is 6.08. The van der Waals surface area contributed by atoms with Crippen LogP contribution in [0, 0.1) is 0 Å². The van der Waals surface area contributed by atoms with Crippen LogP contribution in [0.1, 0.15) is 37.6 Å². The molecule has 5 nitrogen and oxygen atoms in total. The van der Waals surface area contributed by atoms with Gasteiger partial charge in [0.25, 0.3) is 0 Å². The Hall–Kier alpha value is -0.520. The topological polar surface area (TPSA) is 72.8 Å². The molecule has 7 heteroatoms. The zero-order chi connectivity index (χ0) is 16.1. The molecule has 21 heavy (non-hydrogen) atoms. The minimum Gasteiger partial charge on any atom is -0.377 e. The molecule has 1 rings (SSSR count). The van der Waals surface area contributed by atoms with Crippen LogP contribution in [0.5, 0.6) is 0 Å². The van der Waals surface area contributed by atoms with Crippen LogP contribution in [0.2, 0.25) is 0 Å². The second-order valence-corrected chi connectivity index (χ2v) is 7.96. The number of hydrogen-bond donors (Lipinski definition) is 1. The van der Waals surface area contributed by atoms with Crippen LogP contribution < -0.4 is 0 Å². The SMILES string of the molecule is CCOP(=O)(OCC)[C@@](C)(O)CC(=O)c1ccccc1Br. The lowest BCUT2D eigenvalue weighted by molar-refractivity contribution is 0.0626. The molecule has 1 N–H and O–H groups in total. The van der Waals surface area contributed by atoms with E-state index in [1.54, 1.807) is 38.1 Å². The molecule has 1 aromatic carbocycles. The van der Waals surface area contributed by atoms with Gasteiger partial charge in [0.1, 0.15) is 0 Å². The largest absolute Gasteiger partial charge is 0.377 e. The number of aliphatic hydroxyl groups is 1. The van der Waals surface area contributed by atoms with Crippen molar-refractivity contribution in [2.75, 3.05) is 13.2 Å². The van der Waals surface area contributed by atoms with Crippen LogP contribution in [-0.2, 0) is 13.6 Å². The van der Waals surface area contributed by atoms with Gasteiger partial charge in [-0.3, -0.25) is 9.36 Å². The molecule has 0 aliphatic heterocycles. The Labute approximate surface area is 133 Å². The van der Waals surface area contributed by atoms with E-state index in [-0.39, 0.29) is 25.4 Å². The first-order chi connectivity index (χ1) is 9.77. The van der Waals surface area contributed by atoms with E-state index in [9.17, 15) is 14.5 Å². The molecule has 0 saturated heterocycles. The maximum absolute atomic E-state index is 12.6. The van der Waals surface area contributed by atoms with E-state index >= 15 is 0 Å². The van der Waals surface area contributed by atoms with E-state index in [4.69, 9.17) is 9.05 Å². The molecule has 0 aliphatic rings. The fraction of sp³-hybridized carbons (Fsp3) is 0.500. The van der Waals surface area contributed by atoms with Crippen LogP contribution >= 0.6 is 23.5 Å². The van der Waals surface area contributed by atoms with Gasteiger partial charge >= 0.3 is 7.60 Å². The average molecular weight is 379 g/mol. The summed E-state index contributed by atoms with van der Waals surface area (Å²) in [6.45, 7) is 4.84. The molecule has 0 heterocycles. The first-order valence-corrected chi connectivity index (χ1v) is 9.00. The standard InChI is InChI=1S/C14H20BrO5P/c1-4-19-21(18,20-5-2)14(3,17)10-13(16)11-8-6-7-9-12(11)15/h6-9,17H,4-5,10H2,1-3H3/t14-/m1/s1. The highest BCUT2D eigenvalue weighted by molar-refractivity contribution is 9.10. The number of hydrogen-bond acceptors (Lipinski definition) is 5. The summed E-state index contributed by atoms with van der Waals surface area (Å²) in [5, 5.41) is 8.59. The number of rotatable bonds is 8. The molecule has 0 aromatic heterocycles. The van der Waals surface area contributed by atoms with Crippen LogP contribution in [-0.4, -0.2) is 29.4 Å². The van der Waals surface area contributed by atoms with Crippen LogP contribution in [0.3, 0.4) is 0 Å². The maximum atomic E-state index is 12.6. The van der Waals surface area contributed by atoms with Gasteiger partial charge in [0, 0.05) is 10.0 Å². The van der Waals surface area contributed by atoms with Crippen molar-refractivity contribution in [2.24, 2.45) is 0 Å². The summed E-state index contributed by atoms with van der Waals surface area (Å²) in [5.74, 6) is -0.341. The van der Waals surface area contributed by atoms with Crippen LogP contribution in [0.25, 0.3) is 0 Å². The number of Topliss-reactive ketones (excluding diaryl/α,β-unsaturated/α-hetero) is 1. The molecule has 118 valence electrons. The Morgan fingerprint density at radius 2 is 1.81 bits per heavy atom. The number of carbonyl (C=O) groups excluding carboxylic acids is 1. The normalized spacial score (nSPS) is 14.7. The fourth-order valence-electron chi connectivity index (χ4n) is 1.84. The van der Waals surface area contributed by atoms with E-state index in [0.29, 0.717) is 10.0 Å². The van der Waals surface area contributed by atoms with Crippen molar-refractivity contribution in [3.63, 3.8) is 0 Å². The van der Waals surface area contributed by atoms with Crippen molar-refractivity contribution in [2.45, 2.75) is 32.5 Å². The van der Waals surface area contributed by atoms with Gasteiger partial charge in [0.2, 0.25) is 0 Å². The van der Waals surface area contributed by atoms with Gasteiger partial charge < -0.3 is 14.2 Å². The first kappa shape index (κ1) is 18.5. The number of benzene rings is 1. The fourth-order valence-corrected chi connectivity index (χ4v) is 3.99. The summed E-state index contributed by atoms with van der Waals surface area (Å²) in [6.07, 6.45) is -0.354. The summed E-state index contributed by atoms with van der Waals surface area (Å²) in [5.41, 5.74) is 0.414. The van der Waals surface area contributed by atoms with Gasteiger partial charge in [0.05, 0.1) is 19.6 Å². The maximum Gasteiger partial charge on any atom is 0.362 e. The minimum absolute atomic E-state index is 0.122. The number of carbonyl (C=O) groups is 1.